The third-order valence-electron chi connectivity index (χ3n) is 3.38. The van der Waals surface area contributed by atoms with Gasteiger partial charge in [0.15, 0.2) is 0 Å². The molecule has 0 saturated heterocycles. The van der Waals surface area contributed by atoms with E-state index in [9.17, 15) is 9.59 Å². The van der Waals surface area contributed by atoms with E-state index in [4.69, 9.17) is 16.0 Å². The van der Waals surface area contributed by atoms with Gasteiger partial charge < -0.3 is 14.1 Å². The topological polar surface area (TPSA) is 59.8 Å². The summed E-state index contributed by atoms with van der Waals surface area (Å²) in [5, 5.41) is 0.573. The molecule has 0 saturated carbocycles. The lowest BCUT2D eigenvalue weighted by atomic mass is 10.2. The number of benzene rings is 1. The van der Waals surface area contributed by atoms with Crippen molar-refractivity contribution in [2.24, 2.45) is 0 Å². The van der Waals surface area contributed by atoms with Crippen LogP contribution in [-0.2, 0) is 20.9 Å². The lowest BCUT2D eigenvalue weighted by molar-refractivity contribution is -0.141. The molecule has 1 heterocycles. The van der Waals surface area contributed by atoms with E-state index in [0.29, 0.717) is 17.3 Å². The predicted octanol–water partition coefficient (Wildman–Crippen LogP) is 3.54. The summed E-state index contributed by atoms with van der Waals surface area (Å²) in [6, 6.07) is 10.8. The Morgan fingerprint density at radius 3 is 2.71 bits per heavy atom. The van der Waals surface area contributed by atoms with Crippen molar-refractivity contribution in [3.05, 3.63) is 65.1 Å². The molecule has 0 atom stereocenters. The first-order valence-electron chi connectivity index (χ1n) is 7.41. The van der Waals surface area contributed by atoms with Gasteiger partial charge in [-0.2, -0.15) is 0 Å². The van der Waals surface area contributed by atoms with Crippen molar-refractivity contribution in [2.45, 2.75) is 13.0 Å². The molecule has 1 aromatic heterocycles. The fourth-order valence-electron chi connectivity index (χ4n) is 2.07. The van der Waals surface area contributed by atoms with Crippen molar-refractivity contribution in [3.63, 3.8) is 0 Å². The smallest absolute Gasteiger partial charge is 0.307 e. The van der Waals surface area contributed by atoms with Gasteiger partial charge in [-0.1, -0.05) is 29.8 Å². The van der Waals surface area contributed by atoms with E-state index in [2.05, 4.69) is 4.74 Å². The van der Waals surface area contributed by atoms with Gasteiger partial charge >= 0.3 is 5.97 Å². The van der Waals surface area contributed by atoms with Gasteiger partial charge in [-0.15, -0.1) is 0 Å². The molecule has 1 amide bonds. The molecule has 1 aromatic carbocycles. The van der Waals surface area contributed by atoms with E-state index < -0.39 is 0 Å². The van der Waals surface area contributed by atoms with Gasteiger partial charge in [0.2, 0.25) is 5.91 Å². The Morgan fingerprint density at radius 1 is 1.25 bits per heavy atom. The van der Waals surface area contributed by atoms with Crippen LogP contribution < -0.4 is 0 Å². The maximum atomic E-state index is 12.5. The number of ether oxygens (including phenoxy) is 1. The molecular formula is C18H18ClNO4. The second-order valence-electron chi connectivity index (χ2n) is 5.03. The Kier molecular flexibility index (Phi) is 6.63. The number of furan rings is 1. The van der Waals surface area contributed by atoms with Gasteiger partial charge in [-0.25, -0.2) is 0 Å². The number of hydrogen-bond donors (Lipinski definition) is 0. The monoisotopic (exact) mass is 347 g/mol. The summed E-state index contributed by atoms with van der Waals surface area (Å²) < 4.78 is 9.80. The zero-order valence-corrected chi connectivity index (χ0v) is 14.0. The number of carbonyl (C=O) groups excluding carboxylic acids is 2. The number of carbonyl (C=O) groups is 2. The minimum Gasteiger partial charge on any atom is -0.469 e. The second kappa shape index (κ2) is 8.93. The Bertz CT molecular complexity index is 710. The molecular weight excluding hydrogens is 330 g/mol. The molecule has 0 fully saturated rings. The molecule has 6 heteroatoms. The largest absolute Gasteiger partial charge is 0.469 e. The maximum Gasteiger partial charge on any atom is 0.307 e. The Labute approximate surface area is 145 Å². The lowest BCUT2D eigenvalue weighted by Crippen LogP contribution is -2.31. The molecule has 0 unspecified atom stereocenters. The fourth-order valence-corrected chi connectivity index (χ4v) is 2.27. The fraction of sp³-hybridized carbons (Fsp3) is 0.222. The van der Waals surface area contributed by atoms with E-state index in [0.717, 1.165) is 5.56 Å². The van der Waals surface area contributed by atoms with Crippen LogP contribution in [-0.4, -0.2) is 30.4 Å². The molecule has 0 bridgehead atoms. The molecule has 0 N–H and O–H groups in total. The highest BCUT2D eigenvalue weighted by Gasteiger charge is 2.15. The van der Waals surface area contributed by atoms with Crippen LogP contribution in [0, 0.1) is 0 Å². The van der Waals surface area contributed by atoms with E-state index >= 15 is 0 Å². The van der Waals surface area contributed by atoms with Crippen LogP contribution in [0.4, 0.5) is 0 Å². The minimum absolute atomic E-state index is 0.112. The quantitative estimate of drug-likeness (QED) is 0.568. The Hall–Kier alpha value is -2.53. The Morgan fingerprint density at radius 2 is 2.04 bits per heavy atom. The van der Waals surface area contributed by atoms with E-state index in [1.54, 1.807) is 24.3 Å². The molecule has 0 spiro atoms. The number of amides is 1. The number of esters is 1. The summed E-state index contributed by atoms with van der Waals surface area (Å²) in [7, 11) is 1.32. The number of nitrogens with zero attached hydrogens (tertiary/aromatic N) is 1. The van der Waals surface area contributed by atoms with Gasteiger partial charge in [0.05, 0.1) is 19.8 Å². The standard InChI is InChI=1S/C18H18ClNO4/c1-23-18(22)10-11-20(13-14-5-2-3-7-16(14)19)17(21)9-8-15-6-4-12-24-15/h2-9,12H,10-11,13H2,1H3/b9-8+. The SMILES string of the molecule is COC(=O)CCN(Cc1ccccc1Cl)C(=O)/C=C/c1ccco1. The van der Waals surface area contributed by atoms with Crippen LogP contribution in [0.2, 0.25) is 5.02 Å². The highest BCUT2D eigenvalue weighted by molar-refractivity contribution is 6.31. The van der Waals surface area contributed by atoms with Crippen molar-refractivity contribution in [1.29, 1.82) is 0 Å². The third-order valence-corrected chi connectivity index (χ3v) is 3.75. The summed E-state index contributed by atoms with van der Waals surface area (Å²) in [6.07, 6.45) is 4.64. The van der Waals surface area contributed by atoms with Gasteiger partial charge in [0.25, 0.3) is 0 Å². The lowest BCUT2D eigenvalue weighted by Gasteiger charge is -2.21. The second-order valence-corrected chi connectivity index (χ2v) is 5.43. The van der Waals surface area contributed by atoms with Crippen molar-refractivity contribution >= 4 is 29.6 Å². The van der Waals surface area contributed by atoms with Crippen molar-refractivity contribution < 1.29 is 18.7 Å². The highest BCUT2D eigenvalue weighted by Crippen LogP contribution is 2.17. The number of halogens is 1. The average Bonchev–Trinajstić information content (AvgIpc) is 3.11. The third kappa shape index (κ3) is 5.28. The first-order chi connectivity index (χ1) is 11.6. The molecule has 0 radical (unpaired) electrons. The molecule has 0 aliphatic carbocycles. The molecule has 24 heavy (non-hydrogen) atoms. The van der Waals surface area contributed by atoms with E-state index in [1.807, 2.05) is 18.2 Å². The molecule has 2 aromatic rings. The van der Waals surface area contributed by atoms with Gasteiger partial charge in [0.1, 0.15) is 5.76 Å². The predicted molar refractivity (Wildman–Crippen MR) is 91.2 cm³/mol. The van der Waals surface area contributed by atoms with Gasteiger partial charge in [0, 0.05) is 24.2 Å². The number of methoxy groups -OCH3 is 1. The first kappa shape index (κ1) is 17.8. The summed E-state index contributed by atoms with van der Waals surface area (Å²) in [4.78, 5) is 25.4. The van der Waals surface area contributed by atoms with Crippen molar-refractivity contribution in [1.82, 2.24) is 4.90 Å². The summed E-state index contributed by atoms with van der Waals surface area (Å²) in [6.45, 7) is 0.539. The molecule has 2 rings (SSSR count). The van der Waals surface area contributed by atoms with E-state index in [-0.39, 0.29) is 24.8 Å². The summed E-state index contributed by atoms with van der Waals surface area (Å²) in [5.41, 5.74) is 0.809. The average molecular weight is 348 g/mol. The van der Waals surface area contributed by atoms with Gasteiger partial charge in [-0.05, 0) is 29.8 Å². The zero-order chi connectivity index (χ0) is 17.4. The Balaban J connectivity index is 2.10. The maximum absolute atomic E-state index is 12.5. The van der Waals surface area contributed by atoms with Gasteiger partial charge in [-0.3, -0.25) is 9.59 Å². The molecule has 126 valence electrons. The minimum atomic E-state index is -0.373. The van der Waals surface area contributed by atoms with Crippen molar-refractivity contribution in [2.75, 3.05) is 13.7 Å². The molecule has 5 nitrogen and oxygen atoms in total. The summed E-state index contributed by atoms with van der Waals surface area (Å²) >= 11 is 6.16. The number of hydrogen-bond acceptors (Lipinski definition) is 4. The van der Waals surface area contributed by atoms with Crippen LogP contribution in [0.25, 0.3) is 6.08 Å². The zero-order valence-electron chi connectivity index (χ0n) is 13.3. The van der Waals surface area contributed by atoms with Crippen LogP contribution in [0.1, 0.15) is 17.7 Å². The van der Waals surface area contributed by atoms with Crippen LogP contribution in [0.15, 0.2) is 53.2 Å². The summed E-state index contributed by atoms with van der Waals surface area (Å²) in [5.74, 6) is -0.0359. The number of rotatable bonds is 7. The van der Waals surface area contributed by atoms with Crippen LogP contribution in [0.5, 0.6) is 0 Å². The normalized spacial score (nSPS) is 10.8. The van der Waals surface area contributed by atoms with E-state index in [1.165, 1.54) is 24.3 Å². The van der Waals surface area contributed by atoms with Crippen LogP contribution >= 0.6 is 11.6 Å². The first-order valence-corrected chi connectivity index (χ1v) is 7.78. The van der Waals surface area contributed by atoms with Crippen molar-refractivity contribution in [3.8, 4) is 0 Å². The molecule has 0 aliphatic rings. The van der Waals surface area contributed by atoms with Crippen LogP contribution in [0.3, 0.4) is 0 Å². The highest BCUT2D eigenvalue weighted by atomic mass is 35.5. The molecule has 0 aliphatic heterocycles.